The van der Waals surface area contributed by atoms with Crippen molar-refractivity contribution in [2.45, 2.75) is 13.3 Å². The van der Waals surface area contributed by atoms with E-state index < -0.39 is 4.92 Å². The van der Waals surface area contributed by atoms with Gasteiger partial charge in [0.1, 0.15) is 6.20 Å². The first-order chi connectivity index (χ1) is 8.19. The summed E-state index contributed by atoms with van der Waals surface area (Å²) in [5.74, 6) is 0.0468. The molecule has 88 valence electrons. The molecule has 1 aromatic rings. The van der Waals surface area contributed by atoms with E-state index in [1.807, 2.05) is 6.92 Å². The van der Waals surface area contributed by atoms with E-state index in [1.165, 1.54) is 12.3 Å². The second kappa shape index (κ2) is 6.17. The SMILES string of the molecule is CCCOC(=NC#N)c1cncc([N+](=O)[O-])c1. The number of nitriles is 1. The van der Waals surface area contributed by atoms with E-state index in [4.69, 9.17) is 10.00 Å². The van der Waals surface area contributed by atoms with Crippen molar-refractivity contribution in [1.29, 1.82) is 5.26 Å². The first kappa shape index (κ1) is 12.6. The lowest BCUT2D eigenvalue weighted by atomic mass is 10.2. The summed E-state index contributed by atoms with van der Waals surface area (Å²) in [5, 5.41) is 19.1. The van der Waals surface area contributed by atoms with Crippen LogP contribution in [-0.4, -0.2) is 22.4 Å². The third kappa shape index (κ3) is 3.53. The van der Waals surface area contributed by atoms with Crippen LogP contribution in [-0.2, 0) is 4.74 Å². The van der Waals surface area contributed by atoms with E-state index in [2.05, 4.69) is 9.98 Å². The van der Waals surface area contributed by atoms with Gasteiger partial charge >= 0.3 is 0 Å². The molecule has 0 aromatic carbocycles. The van der Waals surface area contributed by atoms with Crippen LogP contribution in [0.5, 0.6) is 0 Å². The van der Waals surface area contributed by atoms with Gasteiger partial charge in [0.05, 0.1) is 17.1 Å². The Balaban J connectivity index is 3.03. The van der Waals surface area contributed by atoms with Crippen molar-refractivity contribution in [2.75, 3.05) is 6.61 Å². The first-order valence-corrected chi connectivity index (χ1v) is 4.88. The van der Waals surface area contributed by atoms with Gasteiger partial charge in [-0.05, 0) is 6.42 Å². The minimum absolute atomic E-state index is 0.0468. The lowest BCUT2D eigenvalue weighted by Crippen LogP contribution is -2.08. The topological polar surface area (TPSA) is 101 Å². The predicted octanol–water partition coefficient (Wildman–Crippen LogP) is 1.64. The van der Waals surface area contributed by atoms with Crippen molar-refractivity contribution in [3.05, 3.63) is 34.1 Å². The quantitative estimate of drug-likeness (QED) is 0.259. The Morgan fingerprint density at radius 2 is 2.47 bits per heavy atom. The van der Waals surface area contributed by atoms with Crippen LogP contribution in [0.3, 0.4) is 0 Å². The third-order valence-electron chi connectivity index (χ3n) is 1.78. The van der Waals surface area contributed by atoms with Crippen LogP contribution in [0, 0.1) is 21.6 Å². The number of nitro groups is 1. The predicted molar refractivity (Wildman–Crippen MR) is 59.3 cm³/mol. The fourth-order valence-electron chi connectivity index (χ4n) is 1.07. The van der Waals surface area contributed by atoms with E-state index >= 15 is 0 Å². The summed E-state index contributed by atoms with van der Waals surface area (Å²) in [6.45, 7) is 2.28. The fourth-order valence-corrected chi connectivity index (χ4v) is 1.07. The Kier molecular flexibility index (Phi) is 4.57. The van der Waals surface area contributed by atoms with E-state index in [0.29, 0.717) is 12.2 Å². The second-order valence-corrected chi connectivity index (χ2v) is 3.05. The van der Waals surface area contributed by atoms with Gasteiger partial charge in [-0.25, -0.2) is 0 Å². The zero-order valence-corrected chi connectivity index (χ0v) is 9.16. The maximum Gasteiger partial charge on any atom is 0.288 e. The van der Waals surface area contributed by atoms with Gasteiger partial charge in [-0.3, -0.25) is 15.1 Å². The van der Waals surface area contributed by atoms with Crippen LogP contribution in [0.4, 0.5) is 5.69 Å². The molecule has 0 spiro atoms. The number of hydrogen-bond donors (Lipinski definition) is 0. The number of rotatable bonds is 4. The average molecular weight is 234 g/mol. The molecule has 1 aromatic heterocycles. The molecular weight excluding hydrogens is 224 g/mol. The van der Waals surface area contributed by atoms with Gasteiger partial charge in [-0.15, -0.1) is 4.99 Å². The smallest absolute Gasteiger partial charge is 0.288 e. The van der Waals surface area contributed by atoms with Crippen LogP contribution in [0.25, 0.3) is 0 Å². The van der Waals surface area contributed by atoms with Gasteiger partial charge in [0, 0.05) is 12.3 Å². The molecule has 0 unspecified atom stereocenters. The summed E-state index contributed by atoms with van der Waals surface area (Å²) in [7, 11) is 0. The highest BCUT2D eigenvalue weighted by Crippen LogP contribution is 2.12. The number of hydrogen-bond acceptors (Lipinski definition) is 6. The second-order valence-electron chi connectivity index (χ2n) is 3.05. The Labute approximate surface area is 97.5 Å². The van der Waals surface area contributed by atoms with Crippen LogP contribution in [0.1, 0.15) is 18.9 Å². The number of nitrogens with zero attached hydrogens (tertiary/aromatic N) is 4. The van der Waals surface area contributed by atoms with Gasteiger partial charge in [0.15, 0.2) is 0 Å². The van der Waals surface area contributed by atoms with Gasteiger partial charge in [0.25, 0.3) is 5.69 Å². The Morgan fingerprint density at radius 1 is 1.71 bits per heavy atom. The fraction of sp³-hybridized carbons (Fsp3) is 0.300. The number of aliphatic imine (C=N–C) groups is 1. The standard InChI is InChI=1S/C10H10N4O3/c1-2-3-17-10(13-7-11)8-4-9(14(15)16)6-12-5-8/h4-6H,2-3H2,1H3. The summed E-state index contributed by atoms with van der Waals surface area (Å²) < 4.78 is 5.22. The Morgan fingerprint density at radius 3 is 3.06 bits per heavy atom. The number of aromatic nitrogens is 1. The van der Waals surface area contributed by atoms with E-state index in [0.717, 1.165) is 12.6 Å². The van der Waals surface area contributed by atoms with Gasteiger partial charge < -0.3 is 4.74 Å². The van der Waals surface area contributed by atoms with Crippen LogP contribution in [0.15, 0.2) is 23.5 Å². The molecule has 0 radical (unpaired) electrons. The monoisotopic (exact) mass is 234 g/mol. The molecule has 0 atom stereocenters. The van der Waals surface area contributed by atoms with Crippen LogP contribution in [0.2, 0.25) is 0 Å². The lowest BCUT2D eigenvalue weighted by molar-refractivity contribution is -0.385. The Bertz CT molecular complexity index is 479. The van der Waals surface area contributed by atoms with Crippen molar-refractivity contribution in [3.8, 4) is 6.19 Å². The molecular formula is C10H10N4O3. The van der Waals surface area contributed by atoms with Gasteiger partial charge in [-0.2, -0.15) is 5.26 Å². The molecule has 0 fully saturated rings. The minimum Gasteiger partial charge on any atom is -0.477 e. The summed E-state index contributed by atoms with van der Waals surface area (Å²) in [6.07, 6.45) is 4.81. The van der Waals surface area contributed by atoms with Crippen molar-refractivity contribution in [2.24, 2.45) is 4.99 Å². The normalized spacial score (nSPS) is 10.7. The maximum absolute atomic E-state index is 10.6. The molecule has 0 aliphatic rings. The molecule has 0 amide bonds. The van der Waals surface area contributed by atoms with E-state index in [-0.39, 0.29) is 11.6 Å². The molecule has 1 heterocycles. The highest BCUT2D eigenvalue weighted by Gasteiger charge is 2.12. The summed E-state index contributed by atoms with van der Waals surface area (Å²) in [6, 6.07) is 1.26. The van der Waals surface area contributed by atoms with E-state index in [1.54, 1.807) is 6.19 Å². The number of ether oxygens (including phenoxy) is 1. The van der Waals surface area contributed by atoms with Crippen molar-refractivity contribution in [1.82, 2.24) is 4.98 Å². The largest absolute Gasteiger partial charge is 0.477 e. The van der Waals surface area contributed by atoms with Crippen molar-refractivity contribution in [3.63, 3.8) is 0 Å². The molecule has 0 aliphatic heterocycles. The summed E-state index contributed by atoms with van der Waals surface area (Å²) >= 11 is 0. The summed E-state index contributed by atoms with van der Waals surface area (Å²) in [4.78, 5) is 17.2. The molecule has 0 aliphatic carbocycles. The molecule has 7 nitrogen and oxygen atoms in total. The molecule has 1 rings (SSSR count). The highest BCUT2D eigenvalue weighted by atomic mass is 16.6. The van der Waals surface area contributed by atoms with Crippen LogP contribution < -0.4 is 0 Å². The highest BCUT2D eigenvalue weighted by molar-refractivity contribution is 5.94. The zero-order chi connectivity index (χ0) is 12.7. The molecule has 0 saturated carbocycles. The maximum atomic E-state index is 10.6. The first-order valence-electron chi connectivity index (χ1n) is 4.88. The van der Waals surface area contributed by atoms with Crippen LogP contribution >= 0.6 is 0 Å². The molecule has 17 heavy (non-hydrogen) atoms. The van der Waals surface area contributed by atoms with Gasteiger partial charge in [-0.1, -0.05) is 6.92 Å². The average Bonchev–Trinajstić information content (AvgIpc) is 2.34. The van der Waals surface area contributed by atoms with Crippen molar-refractivity contribution < 1.29 is 9.66 Å². The molecule has 0 saturated heterocycles. The third-order valence-corrected chi connectivity index (χ3v) is 1.78. The molecule has 7 heteroatoms. The van der Waals surface area contributed by atoms with E-state index in [9.17, 15) is 10.1 Å². The number of pyridine rings is 1. The Hall–Kier alpha value is -2.49. The summed E-state index contributed by atoms with van der Waals surface area (Å²) in [5.41, 5.74) is 0.141. The molecule has 0 bridgehead atoms. The molecule has 0 N–H and O–H groups in total. The zero-order valence-electron chi connectivity index (χ0n) is 9.16. The lowest BCUT2D eigenvalue weighted by Gasteiger charge is -2.05. The van der Waals surface area contributed by atoms with Crippen molar-refractivity contribution >= 4 is 11.6 Å². The van der Waals surface area contributed by atoms with Gasteiger partial charge in [0.2, 0.25) is 12.1 Å². The minimum atomic E-state index is -0.569.